The number of hydrogen-bond donors (Lipinski definition) is 2. The maximum Gasteiger partial charge on any atom is 0.221 e. The average molecular weight is 392 g/mol. The third-order valence-electron chi connectivity index (χ3n) is 5.16. The molecule has 0 fully saturated rings. The molecule has 1 heterocycles. The summed E-state index contributed by atoms with van der Waals surface area (Å²) >= 11 is 6.17. The molecular weight excluding hydrogens is 370 g/mol. The molecule has 0 saturated heterocycles. The standard InChI is InChI=1S/C23H22ClN3O/c1-14-10-18(9-8-15(14)12-23(25)28)26-22-13-21(16-4-2-5-17(24)11-16)27-20-7-3-6-19(20)22/h2,4-5,8-11,13H,3,6-7,12H2,1H3,(H2,25,28)(H,26,27). The molecule has 0 radical (unpaired) electrons. The molecule has 0 bridgehead atoms. The first-order valence-electron chi connectivity index (χ1n) is 9.43. The van der Waals surface area contributed by atoms with Crippen molar-refractivity contribution < 1.29 is 4.79 Å². The van der Waals surface area contributed by atoms with Gasteiger partial charge in [-0.15, -0.1) is 0 Å². The van der Waals surface area contributed by atoms with E-state index in [-0.39, 0.29) is 12.3 Å². The number of benzene rings is 2. The van der Waals surface area contributed by atoms with Crippen molar-refractivity contribution >= 4 is 28.9 Å². The van der Waals surface area contributed by atoms with E-state index in [9.17, 15) is 4.79 Å². The van der Waals surface area contributed by atoms with Crippen molar-refractivity contribution in [3.63, 3.8) is 0 Å². The molecule has 3 N–H and O–H groups in total. The zero-order valence-electron chi connectivity index (χ0n) is 15.8. The Hall–Kier alpha value is -2.85. The average Bonchev–Trinajstić information content (AvgIpc) is 3.12. The van der Waals surface area contributed by atoms with Gasteiger partial charge in [0.15, 0.2) is 0 Å². The molecule has 5 heteroatoms. The number of aromatic nitrogens is 1. The summed E-state index contributed by atoms with van der Waals surface area (Å²) in [6, 6.07) is 15.9. The molecule has 142 valence electrons. The molecule has 1 amide bonds. The minimum absolute atomic E-state index is 0.260. The van der Waals surface area contributed by atoms with Gasteiger partial charge in [-0.2, -0.15) is 0 Å². The van der Waals surface area contributed by atoms with Crippen LogP contribution in [0.5, 0.6) is 0 Å². The quantitative estimate of drug-likeness (QED) is 0.645. The minimum atomic E-state index is -0.318. The summed E-state index contributed by atoms with van der Waals surface area (Å²) in [5.74, 6) is -0.318. The second kappa shape index (κ2) is 7.64. The molecule has 1 aliphatic carbocycles. The van der Waals surface area contributed by atoms with Crippen LogP contribution in [0.2, 0.25) is 5.02 Å². The lowest BCUT2D eigenvalue weighted by Crippen LogP contribution is -2.14. The Kier molecular flexibility index (Phi) is 5.05. The summed E-state index contributed by atoms with van der Waals surface area (Å²) in [4.78, 5) is 16.1. The van der Waals surface area contributed by atoms with Gasteiger partial charge in [0, 0.05) is 27.7 Å². The van der Waals surface area contributed by atoms with Gasteiger partial charge in [-0.25, -0.2) is 0 Å². The van der Waals surface area contributed by atoms with Crippen LogP contribution >= 0.6 is 11.6 Å². The Balaban J connectivity index is 1.70. The van der Waals surface area contributed by atoms with Crippen molar-refractivity contribution in [1.82, 2.24) is 4.98 Å². The minimum Gasteiger partial charge on any atom is -0.369 e. The Labute approximate surface area is 169 Å². The Morgan fingerprint density at radius 2 is 2.04 bits per heavy atom. The number of rotatable bonds is 5. The van der Waals surface area contributed by atoms with Crippen LogP contribution in [-0.2, 0) is 24.1 Å². The molecular formula is C23H22ClN3O. The van der Waals surface area contributed by atoms with E-state index in [0.29, 0.717) is 5.02 Å². The number of carbonyl (C=O) groups is 1. The highest BCUT2D eigenvalue weighted by Gasteiger charge is 2.19. The van der Waals surface area contributed by atoms with E-state index < -0.39 is 0 Å². The van der Waals surface area contributed by atoms with E-state index in [2.05, 4.69) is 17.4 Å². The summed E-state index contributed by atoms with van der Waals surface area (Å²) < 4.78 is 0. The number of amides is 1. The van der Waals surface area contributed by atoms with Crippen LogP contribution in [0.3, 0.4) is 0 Å². The highest BCUT2D eigenvalue weighted by atomic mass is 35.5. The SMILES string of the molecule is Cc1cc(Nc2cc(-c3cccc(Cl)c3)nc3c2CCC3)ccc1CC(N)=O. The predicted molar refractivity (Wildman–Crippen MR) is 114 cm³/mol. The highest BCUT2D eigenvalue weighted by Crippen LogP contribution is 2.34. The molecule has 4 rings (SSSR count). The van der Waals surface area contributed by atoms with Gasteiger partial charge in [-0.05, 0) is 73.2 Å². The molecule has 2 aromatic carbocycles. The molecule has 0 spiro atoms. The fraction of sp³-hybridized carbons (Fsp3) is 0.217. The lowest BCUT2D eigenvalue weighted by atomic mass is 10.0. The number of nitrogens with two attached hydrogens (primary N) is 1. The summed E-state index contributed by atoms with van der Waals surface area (Å²) in [7, 11) is 0. The number of aryl methyl sites for hydroxylation is 2. The largest absolute Gasteiger partial charge is 0.369 e. The molecule has 1 aromatic heterocycles. The zero-order valence-corrected chi connectivity index (χ0v) is 16.5. The first-order chi connectivity index (χ1) is 13.5. The van der Waals surface area contributed by atoms with Crippen LogP contribution in [0.25, 0.3) is 11.3 Å². The molecule has 0 saturated carbocycles. The van der Waals surface area contributed by atoms with Gasteiger partial charge in [-0.1, -0.05) is 29.8 Å². The number of nitrogens with zero attached hydrogens (tertiary/aromatic N) is 1. The number of pyridine rings is 1. The number of hydrogen-bond acceptors (Lipinski definition) is 3. The molecule has 28 heavy (non-hydrogen) atoms. The molecule has 0 aliphatic heterocycles. The van der Waals surface area contributed by atoms with Gasteiger partial charge < -0.3 is 11.1 Å². The predicted octanol–water partition coefficient (Wildman–Crippen LogP) is 4.97. The van der Waals surface area contributed by atoms with Crippen molar-refractivity contribution in [2.24, 2.45) is 5.73 Å². The van der Waals surface area contributed by atoms with Crippen molar-refractivity contribution in [3.05, 3.63) is 75.9 Å². The molecule has 0 atom stereocenters. The number of nitrogens with one attached hydrogen (secondary N) is 1. The van der Waals surface area contributed by atoms with E-state index in [4.69, 9.17) is 22.3 Å². The molecule has 1 aliphatic rings. The topological polar surface area (TPSA) is 68.0 Å². The van der Waals surface area contributed by atoms with Crippen LogP contribution in [0.1, 0.15) is 28.8 Å². The summed E-state index contributed by atoms with van der Waals surface area (Å²) in [5.41, 5.74) is 13.8. The second-order valence-corrected chi connectivity index (χ2v) is 7.69. The monoisotopic (exact) mass is 391 g/mol. The number of anilines is 2. The van der Waals surface area contributed by atoms with Gasteiger partial charge in [0.1, 0.15) is 0 Å². The molecule has 0 unspecified atom stereocenters. The van der Waals surface area contributed by atoms with Crippen LogP contribution in [-0.4, -0.2) is 10.9 Å². The zero-order chi connectivity index (χ0) is 19.7. The van der Waals surface area contributed by atoms with Crippen molar-refractivity contribution in [1.29, 1.82) is 0 Å². The van der Waals surface area contributed by atoms with E-state index in [0.717, 1.165) is 58.7 Å². The summed E-state index contributed by atoms with van der Waals surface area (Å²) in [5, 5.41) is 4.26. The van der Waals surface area contributed by atoms with Gasteiger partial charge in [-0.3, -0.25) is 9.78 Å². The Morgan fingerprint density at radius 1 is 1.18 bits per heavy atom. The fourth-order valence-corrected chi connectivity index (χ4v) is 3.96. The highest BCUT2D eigenvalue weighted by molar-refractivity contribution is 6.30. The van der Waals surface area contributed by atoms with E-state index in [1.165, 1.54) is 5.56 Å². The van der Waals surface area contributed by atoms with Crippen molar-refractivity contribution in [3.8, 4) is 11.3 Å². The van der Waals surface area contributed by atoms with E-state index in [1.54, 1.807) is 0 Å². The van der Waals surface area contributed by atoms with Gasteiger partial charge in [0.05, 0.1) is 12.1 Å². The second-order valence-electron chi connectivity index (χ2n) is 7.25. The normalized spacial score (nSPS) is 12.6. The van der Waals surface area contributed by atoms with Gasteiger partial charge in [0.25, 0.3) is 0 Å². The lowest BCUT2D eigenvalue weighted by Gasteiger charge is -2.15. The smallest absolute Gasteiger partial charge is 0.221 e. The van der Waals surface area contributed by atoms with Crippen LogP contribution in [0, 0.1) is 6.92 Å². The maximum atomic E-state index is 11.2. The van der Waals surface area contributed by atoms with Crippen LogP contribution in [0.15, 0.2) is 48.5 Å². The number of primary amides is 1. The Bertz CT molecular complexity index is 1060. The van der Waals surface area contributed by atoms with Crippen molar-refractivity contribution in [2.75, 3.05) is 5.32 Å². The van der Waals surface area contributed by atoms with Crippen LogP contribution < -0.4 is 11.1 Å². The number of fused-ring (bicyclic) bond motifs is 1. The van der Waals surface area contributed by atoms with Gasteiger partial charge >= 0.3 is 0 Å². The first-order valence-corrected chi connectivity index (χ1v) is 9.81. The van der Waals surface area contributed by atoms with E-state index in [1.807, 2.05) is 43.3 Å². The van der Waals surface area contributed by atoms with E-state index >= 15 is 0 Å². The molecule has 3 aromatic rings. The summed E-state index contributed by atoms with van der Waals surface area (Å²) in [6.07, 6.45) is 3.40. The fourth-order valence-electron chi connectivity index (χ4n) is 3.77. The van der Waals surface area contributed by atoms with Crippen molar-refractivity contribution in [2.45, 2.75) is 32.6 Å². The number of halogens is 1. The summed E-state index contributed by atoms with van der Waals surface area (Å²) in [6.45, 7) is 2.00. The van der Waals surface area contributed by atoms with Crippen LogP contribution in [0.4, 0.5) is 11.4 Å². The van der Waals surface area contributed by atoms with Gasteiger partial charge in [0.2, 0.25) is 5.91 Å². The lowest BCUT2D eigenvalue weighted by molar-refractivity contribution is -0.117. The Morgan fingerprint density at radius 3 is 2.79 bits per heavy atom. The third-order valence-corrected chi connectivity index (χ3v) is 5.39. The molecule has 4 nitrogen and oxygen atoms in total. The third kappa shape index (κ3) is 3.87. The first kappa shape index (κ1) is 18.5. The number of carbonyl (C=O) groups excluding carboxylic acids is 1. The maximum absolute atomic E-state index is 11.2.